The second kappa shape index (κ2) is 18.5. The predicted molar refractivity (Wildman–Crippen MR) is 198 cm³/mol. The van der Waals surface area contributed by atoms with E-state index in [4.69, 9.17) is 28.4 Å². The lowest BCUT2D eigenvalue weighted by atomic mass is 9.82. The third-order valence-electron chi connectivity index (χ3n) is 9.67. The molecule has 2 aliphatic rings. The predicted octanol–water partition coefficient (Wildman–Crippen LogP) is 8.61. The van der Waals surface area contributed by atoms with Crippen LogP contribution in [0.2, 0.25) is 0 Å². The quantitative estimate of drug-likeness (QED) is 0.0549. The lowest BCUT2D eigenvalue weighted by molar-refractivity contribution is -0.305. The standard InChI is InChI=1S/C41H45N3O7S/c1-27-28(2)35(43-44-42)40(49-34(27)26-46-24-30-16-8-4-9-17-30)51-36-29(3)48-41(52-33-22-14-7-15-23-33)38(50-39(45)32-20-12-6-13-21-32)37(36)47-25-31-18-10-5-11-19-31/h4-23,27-29,34-38,40-41H,24-26H2,1-3H3/t27-,28-,29-,34?,35?,36+,37?,38?,40+,41?/m0/s1. The molecule has 5 unspecified atom stereocenters. The number of rotatable bonds is 14. The van der Waals surface area contributed by atoms with Gasteiger partial charge in [-0.1, -0.05) is 128 Å². The van der Waals surface area contributed by atoms with Gasteiger partial charge in [0, 0.05) is 9.81 Å². The molecular formula is C41H45N3O7S. The van der Waals surface area contributed by atoms with Crippen molar-refractivity contribution in [3.05, 3.63) is 148 Å². The van der Waals surface area contributed by atoms with Crippen LogP contribution in [-0.2, 0) is 41.6 Å². The lowest BCUT2D eigenvalue weighted by Gasteiger charge is -2.48. The van der Waals surface area contributed by atoms with E-state index in [1.54, 1.807) is 24.3 Å². The molecule has 0 bridgehead atoms. The minimum Gasteiger partial charge on any atom is -0.452 e. The van der Waals surface area contributed by atoms with Crippen molar-refractivity contribution in [2.75, 3.05) is 6.61 Å². The molecule has 0 saturated carbocycles. The molecule has 0 aromatic heterocycles. The summed E-state index contributed by atoms with van der Waals surface area (Å²) in [6, 6.07) is 37.8. The maximum Gasteiger partial charge on any atom is 0.338 e. The Labute approximate surface area is 309 Å². The minimum atomic E-state index is -0.949. The van der Waals surface area contributed by atoms with E-state index in [0.29, 0.717) is 18.8 Å². The molecule has 2 aliphatic heterocycles. The van der Waals surface area contributed by atoms with Gasteiger partial charge in [0.15, 0.2) is 12.4 Å². The van der Waals surface area contributed by atoms with Crippen LogP contribution in [0.15, 0.2) is 131 Å². The molecule has 52 heavy (non-hydrogen) atoms. The van der Waals surface area contributed by atoms with E-state index < -0.39 is 48.2 Å². The lowest BCUT2D eigenvalue weighted by Crippen LogP contribution is -2.61. The Balaban J connectivity index is 1.30. The van der Waals surface area contributed by atoms with E-state index in [-0.39, 0.29) is 24.5 Å². The largest absolute Gasteiger partial charge is 0.452 e. The Bertz CT molecular complexity index is 1730. The third kappa shape index (κ3) is 9.61. The molecule has 0 radical (unpaired) electrons. The minimum absolute atomic E-state index is 0.00232. The van der Waals surface area contributed by atoms with Crippen molar-refractivity contribution in [1.29, 1.82) is 0 Å². The van der Waals surface area contributed by atoms with Crippen LogP contribution in [0.25, 0.3) is 10.4 Å². The van der Waals surface area contributed by atoms with Crippen molar-refractivity contribution in [3.63, 3.8) is 0 Å². The maximum atomic E-state index is 13.7. The highest BCUT2D eigenvalue weighted by Crippen LogP contribution is 2.40. The first-order chi connectivity index (χ1) is 25.4. The first-order valence-corrected chi connectivity index (χ1v) is 18.5. The Kier molecular flexibility index (Phi) is 13.4. The number of hydrogen-bond donors (Lipinski definition) is 0. The summed E-state index contributed by atoms with van der Waals surface area (Å²) in [6.45, 7) is 7.00. The van der Waals surface area contributed by atoms with E-state index in [0.717, 1.165) is 16.0 Å². The first-order valence-electron chi connectivity index (χ1n) is 17.7. The summed E-state index contributed by atoms with van der Waals surface area (Å²) >= 11 is 1.45. The summed E-state index contributed by atoms with van der Waals surface area (Å²) in [4.78, 5) is 17.8. The molecule has 0 N–H and O–H groups in total. The number of carbonyl (C=O) groups is 1. The monoisotopic (exact) mass is 723 g/mol. The van der Waals surface area contributed by atoms with Crippen LogP contribution >= 0.6 is 11.8 Å². The number of benzene rings is 4. The third-order valence-corrected chi connectivity index (χ3v) is 10.8. The zero-order valence-electron chi connectivity index (χ0n) is 29.5. The topological polar surface area (TPSA) is 121 Å². The molecule has 4 aromatic rings. The van der Waals surface area contributed by atoms with Crippen LogP contribution in [0.5, 0.6) is 0 Å². The van der Waals surface area contributed by atoms with Crippen molar-refractivity contribution in [2.24, 2.45) is 17.0 Å². The van der Waals surface area contributed by atoms with Crippen LogP contribution < -0.4 is 0 Å². The molecule has 0 amide bonds. The Morgan fingerprint density at radius 2 is 1.35 bits per heavy atom. The highest BCUT2D eigenvalue weighted by molar-refractivity contribution is 7.99. The van der Waals surface area contributed by atoms with E-state index in [1.807, 2.05) is 111 Å². The van der Waals surface area contributed by atoms with Crippen molar-refractivity contribution in [2.45, 2.75) is 87.2 Å². The van der Waals surface area contributed by atoms with Crippen molar-refractivity contribution >= 4 is 17.7 Å². The van der Waals surface area contributed by atoms with Gasteiger partial charge in [-0.25, -0.2) is 4.79 Å². The SMILES string of the molecule is C[C@@H]1OC(Sc2ccccc2)C(OC(=O)c2ccccc2)C(OCc2ccccc2)[C@@H]1O[C@H]1OC(COCc2ccccc2)[C@@H](C)[C@H](C)C1N=[N+]=[N-]. The van der Waals surface area contributed by atoms with Gasteiger partial charge >= 0.3 is 5.97 Å². The number of ether oxygens (including phenoxy) is 6. The molecule has 2 fully saturated rings. The van der Waals surface area contributed by atoms with E-state index >= 15 is 0 Å². The normalized spacial score (nSPS) is 28.8. The highest BCUT2D eigenvalue weighted by atomic mass is 32.2. The summed E-state index contributed by atoms with van der Waals surface area (Å²) in [5, 5.41) is 4.16. The summed E-state index contributed by atoms with van der Waals surface area (Å²) in [5.41, 5.74) is 11.4. The average Bonchev–Trinajstić information content (AvgIpc) is 3.18. The Hall–Kier alpha value is -4.19. The zero-order valence-corrected chi connectivity index (χ0v) is 30.4. The number of hydrogen-bond acceptors (Lipinski definition) is 9. The Morgan fingerprint density at radius 1 is 0.750 bits per heavy atom. The average molecular weight is 724 g/mol. The number of esters is 1. The maximum absolute atomic E-state index is 13.7. The fourth-order valence-corrected chi connectivity index (χ4v) is 7.71. The molecule has 0 spiro atoms. The van der Waals surface area contributed by atoms with Gasteiger partial charge in [0.2, 0.25) is 0 Å². The van der Waals surface area contributed by atoms with Crippen molar-refractivity contribution in [1.82, 2.24) is 0 Å². The van der Waals surface area contributed by atoms with E-state index in [2.05, 4.69) is 16.9 Å². The first kappa shape index (κ1) is 37.6. The summed E-state index contributed by atoms with van der Waals surface area (Å²) in [6.07, 6.45) is -4.30. The van der Waals surface area contributed by atoms with Crippen LogP contribution in [0.3, 0.4) is 0 Å². The number of azide groups is 1. The van der Waals surface area contributed by atoms with Gasteiger partial charge in [-0.2, -0.15) is 0 Å². The summed E-state index contributed by atoms with van der Waals surface area (Å²) in [5.74, 6) is -0.604. The van der Waals surface area contributed by atoms with Gasteiger partial charge in [0.1, 0.15) is 17.6 Å². The van der Waals surface area contributed by atoms with Crippen LogP contribution in [-0.4, -0.2) is 60.9 Å². The van der Waals surface area contributed by atoms with E-state index in [9.17, 15) is 10.3 Å². The summed E-state index contributed by atoms with van der Waals surface area (Å²) in [7, 11) is 0. The fraction of sp³-hybridized carbons (Fsp3) is 0.390. The molecule has 6 rings (SSSR count). The molecule has 2 heterocycles. The molecule has 10 nitrogen and oxygen atoms in total. The van der Waals surface area contributed by atoms with Gasteiger partial charge in [0.05, 0.1) is 43.6 Å². The summed E-state index contributed by atoms with van der Waals surface area (Å²) < 4.78 is 39.3. The number of thioether (sulfide) groups is 1. The molecule has 272 valence electrons. The molecule has 10 atom stereocenters. The van der Waals surface area contributed by atoms with Gasteiger partial charge in [0.25, 0.3) is 0 Å². The van der Waals surface area contributed by atoms with Crippen LogP contribution in [0.1, 0.15) is 42.3 Å². The van der Waals surface area contributed by atoms with Gasteiger partial charge in [-0.05, 0) is 59.7 Å². The molecule has 2 saturated heterocycles. The van der Waals surface area contributed by atoms with Crippen LogP contribution in [0.4, 0.5) is 0 Å². The van der Waals surface area contributed by atoms with E-state index in [1.165, 1.54) is 11.8 Å². The molecule has 0 aliphatic carbocycles. The van der Waals surface area contributed by atoms with Gasteiger partial charge in [-0.15, -0.1) is 0 Å². The van der Waals surface area contributed by atoms with Crippen LogP contribution in [0, 0.1) is 11.8 Å². The molecule has 4 aromatic carbocycles. The van der Waals surface area contributed by atoms with Crippen molar-refractivity contribution in [3.8, 4) is 0 Å². The smallest absolute Gasteiger partial charge is 0.338 e. The van der Waals surface area contributed by atoms with Crippen molar-refractivity contribution < 1.29 is 33.2 Å². The fourth-order valence-electron chi connectivity index (χ4n) is 6.56. The Morgan fingerprint density at radius 3 is 1.98 bits per heavy atom. The highest BCUT2D eigenvalue weighted by Gasteiger charge is 2.52. The van der Waals surface area contributed by atoms with Gasteiger partial charge in [-0.3, -0.25) is 0 Å². The number of carbonyl (C=O) groups excluding carboxylic acids is 1. The van der Waals surface area contributed by atoms with Gasteiger partial charge < -0.3 is 28.4 Å². The molecule has 11 heteroatoms. The molecular weight excluding hydrogens is 679 g/mol. The second-order valence-corrected chi connectivity index (χ2v) is 14.4. The zero-order chi connectivity index (χ0) is 36.3. The second-order valence-electron chi connectivity index (χ2n) is 13.2. The number of nitrogens with zero attached hydrogens (tertiary/aromatic N) is 3.